The second-order valence-corrected chi connectivity index (χ2v) is 6.19. The summed E-state index contributed by atoms with van der Waals surface area (Å²) in [5.74, 6) is -1.02. The lowest BCUT2D eigenvalue weighted by Gasteiger charge is -2.16. The van der Waals surface area contributed by atoms with Crippen molar-refractivity contribution in [2.75, 3.05) is 18.6 Å². The number of anilines is 1. The van der Waals surface area contributed by atoms with Crippen LogP contribution in [0.15, 0.2) is 47.0 Å². The molecule has 0 aliphatic carbocycles. The molecule has 0 spiro atoms. The lowest BCUT2D eigenvalue weighted by molar-refractivity contribution is -0.117. The zero-order valence-corrected chi connectivity index (χ0v) is 14.4. The van der Waals surface area contributed by atoms with Gasteiger partial charge in [-0.2, -0.15) is 4.98 Å². The monoisotopic (exact) mass is 371 g/mol. The van der Waals surface area contributed by atoms with Crippen molar-refractivity contribution in [2.45, 2.75) is 12.3 Å². The Kier molecular flexibility index (Phi) is 4.31. The topological polar surface area (TPSA) is 68.5 Å². The smallest absolute Gasteiger partial charge is 0.232 e. The zero-order valence-electron chi connectivity index (χ0n) is 14.4. The molecular weight excluding hydrogens is 356 g/mol. The Labute approximate surface area is 153 Å². The van der Waals surface area contributed by atoms with E-state index in [4.69, 9.17) is 9.26 Å². The van der Waals surface area contributed by atoms with Gasteiger partial charge < -0.3 is 14.2 Å². The van der Waals surface area contributed by atoms with E-state index in [0.717, 1.165) is 17.7 Å². The number of carbonyl (C=O) groups excluding carboxylic acids is 1. The maximum atomic E-state index is 13.5. The number of hydrogen-bond acceptors (Lipinski definition) is 5. The first-order valence-electron chi connectivity index (χ1n) is 8.28. The maximum Gasteiger partial charge on any atom is 0.232 e. The third kappa shape index (κ3) is 3.25. The molecule has 27 heavy (non-hydrogen) atoms. The van der Waals surface area contributed by atoms with Gasteiger partial charge in [0.2, 0.25) is 17.6 Å². The van der Waals surface area contributed by atoms with Crippen LogP contribution in [-0.2, 0) is 4.79 Å². The van der Waals surface area contributed by atoms with Gasteiger partial charge in [-0.25, -0.2) is 8.78 Å². The molecule has 1 aromatic heterocycles. The minimum Gasteiger partial charge on any atom is -0.497 e. The van der Waals surface area contributed by atoms with E-state index >= 15 is 0 Å². The molecule has 2 heterocycles. The van der Waals surface area contributed by atoms with Crippen LogP contribution < -0.4 is 9.64 Å². The lowest BCUT2D eigenvalue weighted by Crippen LogP contribution is -2.24. The van der Waals surface area contributed by atoms with Gasteiger partial charge in [0.25, 0.3) is 0 Å². The van der Waals surface area contributed by atoms with Crippen molar-refractivity contribution in [3.05, 3.63) is 60.0 Å². The molecule has 3 aromatic rings. The highest BCUT2D eigenvalue weighted by atomic mass is 19.2. The van der Waals surface area contributed by atoms with Gasteiger partial charge in [0.1, 0.15) is 5.75 Å². The normalized spacial score (nSPS) is 16.8. The van der Waals surface area contributed by atoms with Crippen molar-refractivity contribution in [1.29, 1.82) is 0 Å². The first kappa shape index (κ1) is 17.1. The van der Waals surface area contributed by atoms with Gasteiger partial charge in [-0.1, -0.05) is 5.16 Å². The highest BCUT2D eigenvalue weighted by molar-refractivity contribution is 5.96. The van der Waals surface area contributed by atoms with Gasteiger partial charge in [-0.3, -0.25) is 4.79 Å². The third-order valence-corrected chi connectivity index (χ3v) is 4.48. The van der Waals surface area contributed by atoms with Crippen molar-refractivity contribution in [3.63, 3.8) is 0 Å². The van der Waals surface area contributed by atoms with Crippen molar-refractivity contribution in [1.82, 2.24) is 10.1 Å². The summed E-state index contributed by atoms with van der Waals surface area (Å²) in [5, 5.41) is 3.97. The molecule has 1 unspecified atom stereocenters. The molecule has 1 aliphatic heterocycles. The lowest BCUT2D eigenvalue weighted by atomic mass is 10.1. The van der Waals surface area contributed by atoms with Crippen LogP contribution in [0.1, 0.15) is 18.2 Å². The molecular formula is C19H15F2N3O3. The number of hydrogen-bond donors (Lipinski definition) is 0. The number of benzene rings is 2. The molecule has 1 aliphatic rings. The van der Waals surface area contributed by atoms with Gasteiger partial charge in [0.15, 0.2) is 11.6 Å². The minimum atomic E-state index is -0.997. The fourth-order valence-electron chi connectivity index (χ4n) is 3.03. The average molecular weight is 371 g/mol. The predicted octanol–water partition coefficient (Wildman–Crippen LogP) is 3.54. The van der Waals surface area contributed by atoms with Gasteiger partial charge in [0.05, 0.1) is 13.0 Å². The summed E-state index contributed by atoms with van der Waals surface area (Å²) in [5.41, 5.74) is 1.06. The number of aromatic nitrogens is 2. The Hall–Kier alpha value is -3.29. The number of rotatable bonds is 4. The zero-order chi connectivity index (χ0) is 19.0. The molecule has 1 atom stereocenters. The third-order valence-electron chi connectivity index (χ3n) is 4.48. The van der Waals surface area contributed by atoms with Crippen LogP contribution in [0.4, 0.5) is 14.5 Å². The SMILES string of the molecule is COc1ccc(-c2noc(C3CC(=O)N(c4ccc(F)c(F)c4)C3)n2)cc1. The van der Waals surface area contributed by atoms with Crippen molar-refractivity contribution in [2.24, 2.45) is 0 Å². The summed E-state index contributed by atoms with van der Waals surface area (Å²) in [7, 11) is 1.58. The van der Waals surface area contributed by atoms with Crippen LogP contribution in [0.25, 0.3) is 11.4 Å². The number of ether oxygens (including phenoxy) is 1. The molecule has 1 fully saturated rings. The van der Waals surface area contributed by atoms with Crippen LogP contribution in [0.2, 0.25) is 0 Å². The minimum absolute atomic E-state index is 0.156. The highest BCUT2D eigenvalue weighted by Crippen LogP contribution is 2.32. The molecule has 8 heteroatoms. The van der Waals surface area contributed by atoms with Crippen molar-refractivity contribution in [3.8, 4) is 17.1 Å². The molecule has 0 saturated carbocycles. The Bertz CT molecular complexity index is 988. The molecule has 0 bridgehead atoms. The van der Waals surface area contributed by atoms with Crippen LogP contribution in [0.5, 0.6) is 5.75 Å². The summed E-state index contributed by atoms with van der Waals surface area (Å²) in [4.78, 5) is 18.1. The van der Waals surface area contributed by atoms with Gasteiger partial charge in [0, 0.05) is 30.3 Å². The summed E-state index contributed by atoms with van der Waals surface area (Å²) < 4.78 is 37.0. The van der Waals surface area contributed by atoms with E-state index < -0.39 is 11.6 Å². The maximum absolute atomic E-state index is 13.5. The number of nitrogens with zero attached hydrogens (tertiary/aromatic N) is 3. The fraction of sp³-hybridized carbons (Fsp3) is 0.211. The number of amides is 1. The molecule has 0 N–H and O–H groups in total. The van der Waals surface area contributed by atoms with Gasteiger partial charge in [-0.05, 0) is 36.4 Å². The quantitative estimate of drug-likeness (QED) is 0.702. The van der Waals surface area contributed by atoms with Crippen LogP contribution in [0.3, 0.4) is 0 Å². The number of carbonyl (C=O) groups is 1. The van der Waals surface area contributed by atoms with E-state index in [2.05, 4.69) is 10.1 Å². The van der Waals surface area contributed by atoms with E-state index in [-0.39, 0.29) is 24.8 Å². The van der Waals surface area contributed by atoms with E-state index in [1.165, 1.54) is 11.0 Å². The summed E-state index contributed by atoms with van der Waals surface area (Å²) in [6, 6.07) is 10.6. The molecule has 4 rings (SSSR count). The highest BCUT2D eigenvalue weighted by Gasteiger charge is 2.35. The molecule has 6 nitrogen and oxygen atoms in total. The second-order valence-electron chi connectivity index (χ2n) is 6.19. The fourth-order valence-corrected chi connectivity index (χ4v) is 3.03. The molecule has 0 radical (unpaired) electrons. The molecule has 138 valence electrons. The second kappa shape index (κ2) is 6.79. The summed E-state index contributed by atoms with van der Waals surface area (Å²) in [6.45, 7) is 0.258. The number of halogens is 2. The average Bonchev–Trinajstić information content (AvgIpc) is 3.31. The molecule has 1 amide bonds. The van der Waals surface area contributed by atoms with E-state index in [1.807, 2.05) is 0 Å². The largest absolute Gasteiger partial charge is 0.497 e. The van der Waals surface area contributed by atoms with Crippen LogP contribution >= 0.6 is 0 Å². The Morgan fingerprint density at radius 2 is 1.93 bits per heavy atom. The first-order valence-corrected chi connectivity index (χ1v) is 8.28. The van der Waals surface area contributed by atoms with Crippen LogP contribution in [-0.4, -0.2) is 29.7 Å². The standard InChI is InChI=1S/C19H15F2N3O3/c1-26-14-5-2-11(3-6-14)18-22-19(27-23-18)12-8-17(25)24(10-12)13-4-7-15(20)16(21)9-13/h2-7,9,12H,8,10H2,1H3. The molecule has 1 saturated heterocycles. The Morgan fingerprint density at radius 1 is 1.15 bits per heavy atom. The van der Waals surface area contributed by atoms with Crippen molar-refractivity contribution < 1.29 is 22.8 Å². The Morgan fingerprint density at radius 3 is 2.63 bits per heavy atom. The summed E-state index contributed by atoms with van der Waals surface area (Å²) in [6.07, 6.45) is 0.156. The van der Waals surface area contributed by atoms with E-state index in [1.54, 1.807) is 31.4 Å². The van der Waals surface area contributed by atoms with Gasteiger partial charge in [-0.15, -0.1) is 0 Å². The number of methoxy groups -OCH3 is 1. The van der Waals surface area contributed by atoms with E-state index in [9.17, 15) is 13.6 Å². The van der Waals surface area contributed by atoms with Crippen LogP contribution in [0, 0.1) is 11.6 Å². The Balaban J connectivity index is 1.53. The first-order chi connectivity index (χ1) is 13.0. The van der Waals surface area contributed by atoms with Crippen molar-refractivity contribution >= 4 is 11.6 Å². The van der Waals surface area contributed by atoms with E-state index in [0.29, 0.717) is 23.2 Å². The molecule has 2 aromatic carbocycles. The predicted molar refractivity (Wildman–Crippen MR) is 92.4 cm³/mol. The van der Waals surface area contributed by atoms with Gasteiger partial charge >= 0.3 is 0 Å². The summed E-state index contributed by atoms with van der Waals surface area (Å²) >= 11 is 0.